The summed E-state index contributed by atoms with van der Waals surface area (Å²) in [6.07, 6.45) is 3.08. The van der Waals surface area contributed by atoms with Crippen LogP contribution in [0.3, 0.4) is 0 Å². The lowest BCUT2D eigenvalue weighted by atomic mass is 10.00. The van der Waals surface area contributed by atoms with E-state index in [2.05, 4.69) is 55.1 Å². The summed E-state index contributed by atoms with van der Waals surface area (Å²) < 4.78 is 1.90. The summed E-state index contributed by atoms with van der Waals surface area (Å²) in [7, 11) is 0. The van der Waals surface area contributed by atoms with Crippen molar-refractivity contribution >= 4 is 28.2 Å². The highest BCUT2D eigenvalue weighted by Gasteiger charge is 2.16. The van der Waals surface area contributed by atoms with Gasteiger partial charge in [-0.3, -0.25) is 14.4 Å². The molecule has 3 heterocycles. The highest BCUT2D eigenvalue weighted by Crippen LogP contribution is 2.23. The average Bonchev–Trinajstić information content (AvgIpc) is 3.58. The maximum atomic E-state index is 12.9. The second kappa shape index (κ2) is 10.3. The molecule has 0 fully saturated rings. The summed E-state index contributed by atoms with van der Waals surface area (Å²) in [5, 5.41) is 16.1. The Kier molecular flexibility index (Phi) is 6.39. The second-order valence-corrected chi connectivity index (χ2v) is 9.39. The topological polar surface area (TPSA) is 90.9 Å². The average molecular weight is 492 g/mol. The molecular weight excluding hydrogens is 462 g/mol. The normalized spacial score (nSPS) is 13.4. The predicted molar refractivity (Wildman–Crippen MR) is 145 cm³/mol. The molecule has 5 aromatic rings. The van der Waals surface area contributed by atoms with E-state index in [1.165, 1.54) is 11.1 Å². The largest absolute Gasteiger partial charge is 0.378 e. The van der Waals surface area contributed by atoms with Crippen molar-refractivity contribution in [2.24, 2.45) is 0 Å². The van der Waals surface area contributed by atoms with Crippen LogP contribution in [0.2, 0.25) is 0 Å². The van der Waals surface area contributed by atoms with Crippen molar-refractivity contribution in [2.75, 3.05) is 23.7 Å². The minimum Gasteiger partial charge on any atom is -0.378 e. The molecular formula is C29H29N7O. The van der Waals surface area contributed by atoms with Gasteiger partial charge in [0.25, 0.3) is 5.91 Å². The van der Waals surface area contributed by atoms with Gasteiger partial charge in [0.15, 0.2) is 0 Å². The van der Waals surface area contributed by atoms with E-state index >= 15 is 0 Å². The van der Waals surface area contributed by atoms with E-state index < -0.39 is 0 Å². The molecule has 37 heavy (non-hydrogen) atoms. The first-order chi connectivity index (χ1) is 18.2. The molecule has 1 aliphatic heterocycles. The van der Waals surface area contributed by atoms with Gasteiger partial charge in [0.1, 0.15) is 11.4 Å². The van der Waals surface area contributed by atoms with Gasteiger partial charge >= 0.3 is 0 Å². The van der Waals surface area contributed by atoms with E-state index in [4.69, 9.17) is 0 Å². The van der Waals surface area contributed by atoms with Gasteiger partial charge in [-0.15, -0.1) is 5.10 Å². The van der Waals surface area contributed by atoms with Crippen molar-refractivity contribution in [3.8, 4) is 0 Å². The zero-order valence-electron chi connectivity index (χ0n) is 20.5. The number of amides is 1. The fourth-order valence-electron chi connectivity index (χ4n) is 4.84. The van der Waals surface area contributed by atoms with Crippen LogP contribution in [0.1, 0.15) is 27.3 Å². The Morgan fingerprint density at radius 3 is 2.59 bits per heavy atom. The SMILES string of the molecule is O=C(Nc1ccccc1NCc1cn(CCN2CCc3ccccc3C2)nn1)c1cc2ccccc2[nH]1. The molecule has 3 N–H and O–H groups in total. The Labute approximate surface area is 215 Å². The van der Waals surface area contributed by atoms with E-state index in [0.29, 0.717) is 17.9 Å². The van der Waals surface area contributed by atoms with Crippen molar-refractivity contribution in [1.82, 2.24) is 24.9 Å². The second-order valence-electron chi connectivity index (χ2n) is 9.39. The molecule has 2 aromatic heterocycles. The molecule has 0 saturated carbocycles. The minimum absolute atomic E-state index is 0.184. The lowest BCUT2D eigenvalue weighted by Crippen LogP contribution is -2.33. The van der Waals surface area contributed by atoms with E-state index in [1.54, 1.807) is 0 Å². The highest BCUT2D eigenvalue weighted by molar-refractivity contribution is 6.07. The number of benzene rings is 3. The summed E-state index contributed by atoms with van der Waals surface area (Å²) >= 11 is 0. The molecule has 8 heteroatoms. The number of nitrogens with zero attached hydrogens (tertiary/aromatic N) is 4. The van der Waals surface area contributed by atoms with Crippen molar-refractivity contribution in [3.63, 3.8) is 0 Å². The lowest BCUT2D eigenvalue weighted by molar-refractivity contribution is 0.102. The summed E-state index contributed by atoms with van der Waals surface area (Å²) in [5.41, 5.74) is 6.74. The zero-order chi connectivity index (χ0) is 25.0. The Morgan fingerprint density at radius 1 is 0.919 bits per heavy atom. The quantitative estimate of drug-likeness (QED) is 0.293. The van der Waals surface area contributed by atoms with Gasteiger partial charge in [-0.05, 0) is 41.8 Å². The molecule has 0 spiro atoms. The van der Waals surface area contributed by atoms with Gasteiger partial charge in [-0.25, -0.2) is 0 Å². The number of carbonyl (C=O) groups excluding carboxylic acids is 1. The van der Waals surface area contributed by atoms with E-state index in [9.17, 15) is 4.79 Å². The van der Waals surface area contributed by atoms with Crippen LogP contribution in [0.4, 0.5) is 11.4 Å². The van der Waals surface area contributed by atoms with E-state index in [1.807, 2.05) is 65.5 Å². The molecule has 1 amide bonds. The predicted octanol–water partition coefficient (Wildman–Crippen LogP) is 4.68. The monoisotopic (exact) mass is 491 g/mol. The third-order valence-electron chi connectivity index (χ3n) is 6.85. The first-order valence-electron chi connectivity index (χ1n) is 12.6. The molecule has 0 atom stereocenters. The third-order valence-corrected chi connectivity index (χ3v) is 6.85. The van der Waals surface area contributed by atoms with Crippen molar-refractivity contribution in [3.05, 3.63) is 108 Å². The van der Waals surface area contributed by atoms with Gasteiger partial charge in [-0.2, -0.15) is 0 Å². The van der Waals surface area contributed by atoms with Crippen LogP contribution in [0.15, 0.2) is 85.1 Å². The van der Waals surface area contributed by atoms with Crippen LogP contribution >= 0.6 is 0 Å². The molecule has 0 aliphatic carbocycles. The number of fused-ring (bicyclic) bond motifs is 2. The number of anilines is 2. The maximum Gasteiger partial charge on any atom is 0.272 e. The smallest absolute Gasteiger partial charge is 0.272 e. The van der Waals surface area contributed by atoms with Gasteiger partial charge in [-0.1, -0.05) is 59.8 Å². The van der Waals surface area contributed by atoms with Crippen LogP contribution < -0.4 is 10.6 Å². The standard InChI is InChI=1S/C29H29N7O/c37-29(28-17-22-8-3-4-10-25(22)31-28)32-27-12-6-5-11-26(27)30-18-24-20-36(34-33-24)16-15-35-14-13-21-7-1-2-9-23(21)19-35/h1-12,17,20,30-31H,13-16,18-19H2,(H,32,37). The molecule has 1 aliphatic rings. The van der Waals surface area contributed by atoms with Crippen molar-refractivity contribution in [1.29, 1.82) is 0 Å². The first kappa shape index (κ1) is 23.0. The van der Waals surface area contributed by atoms with Crippen LogP contribution in [-0.4, -0.2) is 43.9 Å². The number of hydrogen-bond acceptors (Lipinski definition) is 5. The van der Waals surface area contributed by atoms with E-state index in [-0.39, 0.29) is 5.91 Å². The fraction of sp³-hybridized carbons (Fsp3) is 0.207. The Morgan fingerprint density at radius 2 is 1.70 bits per heavy atom. The fourth-order valence-corrected chi connectivity index (χ4v) is 4.84. The van der Waals surface area contributed by atoms with Gasteiger partial charge in [0.05, 0.1) is 30.7 Å². The summed E-state index contributed by atoms with van der Waals surface area (Å²) in [6.45, 7) is 4.30. The number of hydrogen-bond donors (Lipinski definition) is 3. The van der Waals surface area contributed by atoms with Gasteiger partial charge in [0, 0.05) is 30.5 Å². The highest BCUT2D eigenvalue weighted by atomic mass is 16.1. The molecule has 0 saturated heterocycles. The molecule has 8 nitrogen and oxygen atoms in total. The summed E-state index contributed by atoms with van der Waals surface area (Å²) in [5.74, 6) is -0.184. The third kappa shape index (κ3) is 5.24. The molecule has 0 radical (unpaired) electrons. The Balaban J connectivity index is 1.04. The number of nitrogens with one attached hydrogen (secondary N) is 3. The Hall–Kier alpha value is -4.43. The number of para-hydroxylation sites is 3. The number of H-pyrrole nitrogens is 1. The van der Waals surface area contributed by atoms with Crippen LogP contribution in [0.25, 0.3) is 10.9 Å². The summed E-state index contributed by atoms with van der Waals surface area (Å²) in [4.78, 5) is 18.5. The van der Waals surface area contributed by atoms with Crippen LogP contribution in [0.5, 0.6) is 0 Å². The molecule has 6 rings (SSSR count). The summed E-state index contributed by atoms with van der Waals surface area (Å²) in [6, 6.07) is 26.1. The van der Waals surface area contributed by atoms with Gasteiger partial charge < -0.3 is 15.6 Å². The van der Waals surface area contributed by atoms with Gasteiger partial charge in [0.2, 0.25) is 0 Å². The minimum atomic E-state index is -0.184. The molecule has 0 bridgehead atoms. The number of aromatic nitrogens is 4. The van der Waals surface area contributed by atoms with Crippen LogP contribution in [0, 0.1) is 0 Å². The number of rotatable bonds is 8. The number of carbonyl (C=O) groups is 1. The lowest BCUT2D eigenvalue weighted by Gasteiger charge is -2.28. The van der Waals surface area contributed by atoms with Crippen LogP contribution in [-0.2, 0) is 26.1 Å². The zero-order valence-corrected chi connectivity index (χ0v) is 20.5. The van der Waals surface area contributed by atoms with Crippen molar-refractivity contribution in [2.45, 2.75) is 26.1 Å². The molecule has 186 valence electrons. The van der Waals surface area contributed by atoms with Crippen molar-refractivity contribution < 1.29 is 4.79 Å². The first-order valence-corrected chi connectivity index (χ1v) is 12.6. The molecule has 0 unspecified atom stereocenters. The Bertz CT molecular complexity index is 1500. The maximum absolute atomic E-state index is 12.9. The van der Waals surface area contributed by atoms with E-state index in [0.717, 1.165) is 54.9 Å². The number of aromatic amines is 1. The molecule has 3 aromatic carbocycles.